The summed E-state index contributed by atoms with van der Waals surface area (Å²) in [5.74, 6) is -1.60. The molecule has 1 heterocycles. The van der Waals surface area contributed by atoms with E-state index in [0.29, 0.717) is 29.3 Å². The van der Waals surface area contributed by atoms with Crippen LogP contribution in [0.2, 0.25) is 10.0 Å². The lowest BCUT2D eigenvalue weighted by atomic mass is 9.74. The van der Waals surface area contributed by atoms with E-state index in [1.807, 2.05) is 30.3 Å². The summed E-state index contributed by atoms with van der Waals surface area (Å²) in [5, 5.41) is 11.1. The van der Waals surface area contributed by atoms with E-state index in [0.717, 1.165) is 11.1 Å². The van der Waals surface area contributed by atoms with Gasteiger partial charge in [-0.2, -0.15) is 0 Å². The molecule has 0 aromatic heterocycles. The standard InChI is InChI=1S/C24H25Cl2NO3/c1-3-6-17-14-20(16-7-5-8-19(26)13-16)22(15-9-11-18(25)12-10-15)27(23(17)28)21(4-2)24(29)30/h3,5,7-13,17,20-22H,1,4,6,14H2,2H3,(H,29,30)/t17-,20?,21?,22+/m0/s1. The Morgan fingerprint density at radius 2 is 1.90 bits per heavy atom. The van der Waals surface area contributed by atoms with E-state index in [2.05, 4.69) is 6.58 Å². The lowest BCUT2D eigenvalue weighted by Gasteiger charge is -2.47. The van der Waals surface area contributed by atoms with Crippen molar-refractivity contribution in [3.05, 3.63) is 82.4 Å². The predicted molar refractivity (Wildman–Crippen MR) is 120 cm³/mol. The van der Waals surface area contributed by atoms with Gasteiger partial charge in [0.15, 0.2) is 0 Å². The Bertz CT molecular complexity index is 928. The molecule has 4 atom stereocenters. The van der Waals surface area contributed by atoms with Crippen molar-refractivity contribution in [2.75, 3.05) is 0 Å². The number of rotatable bonds is 7. The summed E-state index contributed by atoms with van der Waals surface area (Å²) in [7, 11) is 0. The third kappa shape index (κ3) is 4.55. The number of nitrogens with zero attached hydrogens (tertiary/aromatic N) is 1. The number of carboxylic acids is 1. The third-order valence-electron chi connectivity index (χ3n) is 5.77. The Labute approximate surface area is 187 Å². The van der Waals surface area contributed by atoms with E-state index in [9.17, 15) is 14.7 Å². The van der Waals surface area contributed by atoms with Gasteiger partial charge in [0, 0.05) is 21.9 Å². The number of hydrogen-bond donors (Lipinski definition) is 1. The average molecular weight is 446 g/mol. The predicted octanol–water partition coefficient (Wildman–Crippen LogP) is 6.11. The summed E-state index contributed by atoms with van der Waals surface area (Å²) < 4.78 is 0. The third-order valence-corrected chi connectivity index (χ3v) is 6.26. The summed E-state index contributed by atoms with van der Waals surface area (Å²) >= 11 is 12.4. The molecule has 4 nitrogen and oxygen atoms in total. The van der Waals surface area contributed by atoms with Crippen LogP contribution in [0.4, 0.5) is 0 Å². The number of aliphatic carboxylic acids is 1. The summed E-state index contributed by atoms with van der Waals surface area (Å²) in [6, 6.07) is 13.5. The first-order chi connectivity index (χ1) is 14.4. The molecule has 1 aliphatic heterocycles. The highest BCUT2D eigenvalue weighted by molar-refractivity contribution is 6.30. The molecule has 0 saturated carbocycles. The van der Waals surface area contributed by atoms with E-state index >= 15 is 0 Å². The lowest BCUT2D eigenvalue weighted by Crippen LogP contribution is -2.54. The molecule has 2 unspecified atom stereocenters. The monoisotopic (exact) mass is 445 g/mol. The zero-order chi connectivity index (χ0) is 21.8. The number of carbonyl (C=O) groups is 2. The van der Waals surface area contributed by atoms with Crippen LogP contribution in [0.5, 0.6) is 0 Å². The van der Waals surface area contributed by atoms with Crippen molar-refractivity contribution in [3.63, 3.8) is 0 Å². The quantitative estimate of drug-likeness (QED) is 0.523. The lowest BCUT2D eigenvalue weighted by molar-refractivity contribution is -0.159. The van der Waals surface area contributed by atoms with Gasteiger partial charge >= 0.3 is 5.97 Å². The number of carboxylic acid groups (broad SMARTS) is 1. The molecule has 1 amide bonds. The number of allylic oxidation sites excluding steroid dienone is 1. The van der Waals surface area contributed by atoms with E-state index in [1.165, 1.54) is 0 Å². The maximum Gasteiger partial charge on any atom is 0.326 e. The van der Waals surface area contributed by atoms with Gasteiger partial charge in [-0.1, -0.05) is 60.5 Å². The van der Waals surface area contributed by atoms with Crippen molar-refractivity contribution in [1.29, 1.82) is 0 Å². The Morgan fingerprint density at radius 3 is 2.47 bits per heavy atom. The zero-order valence-electron chi connectivity index (χ0n) is 16.8. The van der Waals surface area contributed by atoms with Crippen LogP contribution in [-0.2, 0) is 9.59 Å². The molecule has 0 bridgehead atoms. The van der Waals surface area contributed by atoms with Crippen LogP contribution < -0.4 is 0 Å². The fourth-order valence-electron chi connectivity index (χ4n) is 4.42. The topological polar surface area (TPSA) is 57.6 Å². The number of carbonyl (C=O) groups excluding carboxylic acids is 1. The van der Waals surface area contributed by atoms with Gasteiger partial charge in [0.25, 0.3) is 0 Å². The van der Waals surface area contributed by atoms with Gasteiger partial charge in [-0.3, -0.25) is 4.79 Å². The number of benzene rings is 2. The molecule has 1 fully saturated rings. The molecule has 6 heteroatoms. The van der Waals surface area contributed by atoms with Gasteiger partial charge in [-0.15, -0.1) is 6.58 Å². The van der Waals surface area contributed by atoms with E-state index < -0.39 is 18.1 Å². The SMILES string of the molecule is C=CC[C@H]1CC(c2cccc(Cl)c2)[C@@H](c2ccc(Cl)cc2)N(C(CC)C(=O)O)C1=O. The van der Waals surface area contributed by atoms with Crippen molar-refractivity contribution in [2.24, 2.45) is 5.92 Å². The molecule has 2 aromatic rings. The van der Waals surface area contributed by atoms with Gasteiger partial charge in [0.1, 0.15) is 6.04 Å². The van der Waals surface area contributed by atoms with E-state index in [1.54, 1.807) is 36.1 Å². The van der Waals surface area contributed by atoms with Crippen LogP contribution in [0.25, 0.3) is 0 Å². The van der Waals surface area contributed by atoms with Gasteiger partial charge in [-0.25, -0.2) is 4.79 Å². The maximum absolute atomic E-state index is 13.5. The van der Waals surface area contributed by atoms with Crippen molar-refractivity contribution in [3.8, 4) is 0 Å². The minimum absolute atomic E-state index is 0.110. The molecule has 0 radical (unpaired) electrons. The second-order valence-electron chi connectivity index (χ2n) is 7.62. The Balaban J connectivity index is 2.20. The minimum atomic E-state index is -1.01. The van der Waals surface area contributed by atoms with Crippen molar-refractivity contribution in [1.82, 2.24) is 4.90 Å². The number of amides is 1. The minimum Gasteiger partial charge on any atom is -0.480 e. The fraction of sp³-hybridized carbons (Fsp3) is 0.333. The molecule has 1 aliphatic rings. The smallest absolute Gasteiger partial charge is 0.326 e. The molecule has 0 aliphatic carbocycles. The summed E-state index contributed by atoms with van der Waals surface area (Å²) in [4.78, 5) is 27.2. The second-order valence-corrected chi connectivity index (χ2v) is 8.50. The van der Waals surface area contributed by atoms with E-state index in [4.69, 9.17) is 23.2 Å². The highest BCUT2D eigenvalue weighted by atomic mass is 35.5. The highest BCUT2D eigenvalue weighted by Crippen LogP contribution is 2.47. The molecule has 2 aromatic carbocycles. The van der Waals surface area contributed by atoms with Crippen LogP contribution in [0.3, 0.4) is 0 Å². The van der Waals surface area contributed by atoms with Crippen LogP contribution in [-0.4, -0.2) is 27.9 Å². The number of piperidine rings is 1. The maximum atomic E-state index is 13.5. The van der Waals surface area contributed by atoms with Crippen LogP contribution in [0, 0.1) is 5.92 Å². The summed E-state index contributed by atoms with van der Waals surface area (Å²) in [6.45, 7) is 5.58. The van der Waals surface area contributed by atoms with Crippen LogP contribution in [0.1, 0.15) is 49.3 Å². The number of halogens is 2. The summed E-state index contributed by atoms with van der Waals surface area (Å²) in [6.07, 6.45) is 3.12. The molecule has 158 valence electrons. The van der Waals surface area contributed by atoms with Gasteiger partial charge < -0.3 is 10.0 Å². The fourth-order valence-corrected chi connectivity index (χ4v) is 4.75. The first-order valence-electron chi connectivity index (χ1n) is 10.0. The molecule has 30 heavy (non-hydrogen) atoms. The van der Waals surface area contributed by atoms with Gasteiger partial charge in [0.05, 0.1) is 6.04 Å². The number of hydrogen-bond acceptors (Lipinski definition) is 2. The summed E-state index contributed by atoms with van der Waals surface area (Å²) in [5.41, 5.74) is 1.84. The van der Waals surface area contributed by atoms with Gasteiger partial charge in [-0.05, 0) is 54.7 Å². The molecule has 1 N–H and O–H groups in total. The molecule has 0 spiro atoms. The van der Waals surface area contributed by atoms with Crippen LogP contribution >= 0.6 is 23.2 Å². The zero-order valence-corrected chi connectivity index (χ0v) is 18.3. The molecular weight excluding hydrogens is 421 g/mol. The normalized spacial score (nSPS) is 22.6. The average Bonchev–Trinajstić information content (AvgIpc) is 2.71. The number of likely N-dealkylation sites (tertiary alicyclic amines) is 1. The van der Waals surface area contributed by atoms with Crippen molar-refractivity contribution in [2.45, 2.75) is 44.2 Å². The molecule has 3 rings (SSSR count). The molecule has 1 saturated heterocycles. The van der Waals surface area contributed by atoms with E-state index in [-0.39, 0.29) is 17.7 Å². The van der Waals surface area contributed by atoms with Crippen molar-refractivity contribution < 1.29 is 14.7 Å². The Morgan fingerprint density at radius 1 is 1.20 bits per heavy atom. The van der Waals surface area contributed by atoms with Gasteiger partial charge in [0.2, 0.25) is 5.91 Å². The first-order valence-corrected chi connectivity index (χ1v) is 10.8. The second kappa shape index (κ2) is 9.67. The first kappa shape index (κ1) is 22.4. The highest BCUT2D eigenvalue weighted by Gasteiger charge is 2.46. The van der Waals surface area contributed by atoms with Crippen molar-refractivity contribution >= 4 is 35.1 Å². The Kier molecular flexibility index (Phi) is 7.22. The Hall–Kier alpha value is -2.30. The largest absolute Gasteiger partial charge is 0.480 e. The van der Waals surface area contributed by atoms with Crippen LogP contribution in [0.15, 0.2) is 61.2 Å². The molecular formula is C24H25Cl2NO3.